The SMILES string of the molecule is CCCC[C](CCCC)(CCCC)[Sn][c]1ccnc(Nc2ccn(CC(F)F)n2)n1. The number of rotatable bonds is 15. The number of nitrogens with one attached hydrogen (secondary N) is 1. The van der Waals surface area contributed by atoms with Gasteiger partial charge < -0.3 is 0 Å². The fourth-order valence-electron chi connectivity index (χ4n) is 3.65. The molecule has 0 amide bonds. The van der Waals surface area contributed by atoms with Crippen LogP contribution in [0.25, 0.3) is 0 Å². The van der Waals surface area contributed by atoms with Crippen molar-refractivity contribution in [2.75, 3.05) is 5.32 Å². The number of hydrogen-bond donors (Lipinski definition) is 1. The van der Waals surface area contributed by atoms with Gasteiger partial charge in [0, 0.05) is 0 Å². The van der Waals surface area contributed by atoms with Crippen molar-refractivity contribution in [3.05, 3.63) is 24.5 Å². The minimum atomic E-state index is -2.42. The maximum absolute atomic E-state index is 12.5. The quantitative estimate of drug-likeness (QED) is 0.301. The van der Waals surface area contributed by atoms with Gasteiger partial charge in [0.2, 0.25) is 0 Å². The molecule has 0 bridgehead atoms. The Morgan fingerprint density at radius 2 is 1.67 bits per heavy atom. The van der Waals surface area contributed by atoms with Gasteiger partial charge in [-0.2, -0.15) is 0 Å². The van der Waals surface area contributed by atoms with Crippen molar-refractivity contribution in [3.8, 4) is 0 Å². The van der Waals surface area contributed by atoms with Crippen molar-refractivity contribution in [1.82, 2.24) is 19.7 Å². The normalized spacial score (nSPS) is 11.9. The fourth-order valence-corrected chi connectivity index (χ4v) is 8.70. The molecule has 1 N–H and O–H groups in total. The predicted molar refractivity (Wildman–Crippen MR) is 120 cm³/mol. The molecule has 2 radical (unpaired) electrons. The van der Waals surface area contributed by atoms with Crippen LogP contribution in [-0.4, -0.2) is 47.3 Å². The molecule has 0 saturated heterocycles. The van der Waals surface area contributed by atoms with Crippen LogP contribution in [0.3, 0.4) is 0 Å². The van der Waals surface area contributed by atoms with Crippen LogP contribution in [0.15, 0.2) is 24.5 Å². The molecule has 5 nitrogen and oxygen atoms in total. The number of nitrogens with zero attached hydrogens (tertiary/aromatic N) is 4. The van der Waals surface area contributed by atoms with Crippen molar-refractivity contribution in [3.63, 3.8) is 0 Å². The Hall–Kier alpha value is -1.25. The first-order valence-electron chi connectivity index (χ1n) is 11.2. The van der Waals surface area contributed by atoms with E-state index in [0.29, 0.717) is 15.2 Å². The Bertz CT molecular complexity index is 716. The maximum atomic E-state index is 12.5. The summed E-state index contributed by atoms with van der Waals surface area (Å²) in [6.07, 6.45) is 12.4. The Morgan fingerprint density at radius 3 is 2.23 bits per heavy atom. The topological polar surface area (TPSA) is 55.6 Å². The van der Waals surface area contributed by atoms with Gasteiger partial charge in [0.1, 0.15) is 0 Å². The van der Waals surface area contributed by atoms with Gasteiger partial charge in [-0.05, 0) is 0 Å². The van der Waals surface area contributed by atoms with E-state index >= 15 is 0 Å². The summed E-state index contributed by atoms with van der Waals surface area (Å²) in [6.45, 7) is 6.41. The zero-order valence-corrected chi connectivity index (χ0v) is 21.4. The zero-order valence-electron chi connectivity index (χ0n) is 18.5. The van der Waals surface area contributed by atoms with Crippen molar-refractivity contribution >= 4 is 36.6 Å². The third-order valence-corrected chi connectivity index (χ3v) is 10.5. The van der Waals surface area contributed by atoms with E-state index in [1.54, 1.807) is 12.3 Å². The molecule has 2 rings (SSSR count). The molecule has 0 saturated carbocycles. The first-order chi connectivity index (χ1) is 14.5. The predicted octanol–water partition coefficient (Wildman–Crippen LogP) is 5.74. The van der Waals surface area contributed by atoms with E-state index in [9.17, 15) is 8.78 Å². The van der Waals surface area contributed by atoms with E-state index in [4.69, 9.17) is 4.98 Å². The molecule has 0 unspecified atom stereocenters. The van der Waals surface area contributed by atoms with Crippen LogP contribution in [0.4, 0.5) is 20.5 Å². The Morgan fingerprint density at radius 1 is 1.03 bits per heavy atom. The molecule has 0 aliphatic carbocycles. The van der Waals surface area contributed by atoms with Crippen molar-refractivity contribution in [2.45, 2.75) is 95.0 Å². The zero-order chi connectivity index (χ0) is 21.8. The monoisotopic (exact) mass is 527 g/mol. The molecule has 0 spiro atoms. The number of halogens is 2. The second-order valence-corrected chi connectivity index (χ2v) is 13.1. The van der Waals surface area contributed by atoms with Gasteiger partial charge in [0.05, 0.1) is 0 Å². The average molecular weight is 526 g/mol. The minimum absolute atomic E-state index is 0.411. The molecule has 0 atom stereocenters. The molecule has 0 fully saturated rings. The van der Waals surface area contributed by atoms with Crippen LogP contribution in [0.2, 0.25) is 3.43 Å². The van der Waals surface area contributed by atoms with Crippen LogP contribution < -0.4 is 9.03 Å². The second kappa shape index (κ2) is 13.2. The molecular weight excluding hydrogens is 491 g/mol. The number of unbranched alkanes of at least 4 members (excludes halogenated alkanes) is 3. The van der Waals surface area contributed by atoms with E-state index in [-0.39, 0.29) is 0 Å². The third-order valence-electron chi connectivity index (χ3n) is 5.28. The molecule has 30 heavy (non-hydrogen) atoms. The third kappa shape index (κ3) is 8.47. The molecule has 8 heteroatoms. The van der Waals surface area contributed by atoms with Crippen molar-refractivity contribution in [1.29, 1.82) is 0 Å². The van der Waals surface area contributed by atoms with Gasteiger partial charge in [-0.25, -0.2) is 0 Å². The van der Waals surface area contributed by atoms with Gasteiger partial charge in [0.25, 0.3) is 0 Å². The molecule has 0 aliphatic rings. The molecule has 0 aliphatic heterocycles. The van der Waals surface area contributed by atoms with Crippen LogP contribution in [0.1, 0.15) is 78.6 Å². The summed E-state index contributed by atoms with van der Waals surface area (Å²) in [5, 5.41) is 7.21. The molecular formula is C22H35F2N5Sn. The molecule has 2 aromatic rings. The standard InChI is InChI=1S/C13H27.C9H8F2N5.Sn/c1-4-7-10-13(11-8-5-2)12-9-6-3;10-7(11)6-16-5-2-8(15-16)14-9-12-3-1-4-13-9;/h4-12H2,1-3H3;1-3,5,7H,6H2,(H,12,13,14,15);. The summed E-state index contributed by atoms with van der Waals surface area (Å²) in [5.41, 5.74) is 0. The van der Waals surface area contributed by atoms with Crippen molar-refractivity contribution < 1.29 is 8.78 Å². The Kier molecular flexibility index (Phi) is 11.0. The molecule has 166 valence electrons. The molecule has 2 heterocycles. The summed E-state index contributed by atoms with van der Waals surface area (Å²) in [6, 6.07) is 3.75. The van der Waals surface area contributed by atoms with Crippen LogP contribution in [0.5, 0.6) is 0 Å². The first-order valence-corrected chi connectivity index (χ1v) is 14.1. The number of alkyl halides is 2. The van der Waals surface area contributed by atoms with Gasteiger partial charge in [-0.15, -0.1) is 0 Å². The molecule has 0 aromatic carbocycles. The molecule has 2 aromatic heterocycles. The number of anilines is 2. The van der Waals surface area contributed by atoms with Crippen LogP contribution >= 0.6 is 0 Å². The van der Waals surface area contributed by atoms with Gasteiger partial charge in [0.15, 0.2) is 0 Å². The van der Waals surface area contributed by atoms with E-state index in [0.717, 1.165) is 0 Å². The van der Waals surface area contributed by atoms with Gasteiger partial charge in [-0.3, -0.25) is 0 Å². The number of hydrogen-bond acceptors (Lipinski definition) is 4. The summed E-state index contributed by atoms with van der Waals surface area (Å²) in [5.74, 6) is 0.999. The summed E-state index contributed by atoms with van der Waals surface area (Å²) < 4.78 is 28.0. The van der Waals surface area contributed by atoms with Gasteiger partial charge in [-0.1, -0.05) is 0 Å². The van der Waals surface area contributed by atoms with Crippen LogP contribution in [-0.2, 0) is 6.54 Å². The van der Waals surface area contributed by atoms with E-state index in [1.165, 1.54) is 66.2 Å². The van der Waals surface area contributed by atoms with Gasteiger partial charge >= 0.3 is 190 Å². The van der Waals surface area contributed by atoms with Crippen molar-refractivity contribution in [2.24, 2.45) is 0 Å². The average Bonchev–Trinajstić information content (AvgIpc) is 3.15. The summed E-state index contributed by atoms with van der Waals surface area (Å²) >= 11 is -0.949. The summed E-state index contributed by atoms with van der Waals surface area (Å²) in [7, 11) is 0. The second-order valence-electron chi connectivity index (χ2n) is 7.92. The van der Waals surface area contributed by atoms with Crippen LogP contribution in [0, 0.1) is 0 Å². The van der Waals surface area contributed by atoms with E-state index in [1.807, 2.05) is 6.20 Å². The summed E-state index contributed by atoms with van der Waals surface area (Å²) in [4.78, 5) is 9.13. The number of aromatic nitrogens is 4. The fraction of sp³-hybridized carbons (Fsp3) is 0.682. The Balaban J connectivity index is 2.14. The van der Waals surface area contributed by atoms with E-state index in [2.05, 4.69) is 42.2 Å². The first kappa shape index (κ1) is 25.0. The Labute approximate surface area is 189 Å². The van der Waals surface area contributed by atoms with E-state index < -0.39 is 34.1 Å².